The van der Waals surface area contributed by atoms with E-state index in [-0.39, 0.29) is 5.82 Å². The molecule has 0 saturated carbocycles. The normalized spacial score (nSPS) is 11.1. The topological polar surface area (TPSA) is 20.7 Å². The standard InChI is InChI=1S/C13H7BrClFN2S/c14-7-1-3-9(16)11(5-7)18-12-6-8(15)2-4-10(12)17-13(18)19/h1-6H,(H,17,19). The van der Waals surface area contributed by atoms with E-state index in [1.54, 1.807) is 28.8 Å². The highest BCUT2D eigenvalue weighted by Gasteiger charge is 2.11. The molecule has 0 saturated heterocycles. The lowest BCUT2D eigenvalue weighted by Gasteiger charge is -2.07. The Bertz CT molecular complexity index is 840. The molecule has 0 amide bonds. The SMILES string of the molecule is Fc1ccc(Br)cc1-n1c(=S)[nH]c2ccc(Cl)cc21. The largest absolute Gasteiger partial charge is 0.330 e. The second kappa shape index (κ2) is 4.74. The number of benzene rings is 2. The fraction of sp³-hybridized carbons (Fsp3) is 0. The van der Waals surface area contributed by atoms with Crippen LogP contribution in [0.5, 0.6) is 0 Å². The van der Waals surface area contributed by atoms with Crippen molar-refractivity contribution in [2.24, 2.45) is 0 Å². The first-order chi connectivity index (χ1) is 9.06. The van der Waals surface area contributed by atoms with Crippen LogP contribution in [-0.4, -0.2) is 9.55 Å². The van der Waals surface area contributed by atoms with Gasteiger partial charge in [0.2, 0.25) is 0 Å². The lowest BCUT2D eigenvalue weighted by molar-refractivity contribution is 0.618. The molecule has 0 aliphatic rings. The minimum Gasteiger partial charge on any atom is -0.330 e. The van der Waals surface area contributed by atoms with Gasteiger partial charge >= 0.3 is 0 Å². The van der Waals surface area contributed by atoms with Gasteiger partial charge < -0.3 is 4.98 Å². The molecule has 19 heavy (non-hydrogen) atoms. The summed E-state index contributed by atoms with van der Waals surface area (Å²) in [7, 11) is 0. The summed E-state index contributed by atoms with van der Waals surface area (Å²) in [5, 5.41) is 0.575. The van der Waals surface area contributed by atoms with Crippen LogP contribution in [0.15, 0.2) is 40.9 Å². The molecule has 0 spiro atoms. The summed E-state index contributed by atoms with van der Waals surface area (Å²) in [5.41, 5.74) is 1.94. The molecule has 0 fully saturated rings. The summed E-state index contributed by atoms with van der Waals surface area (Å²) in [4.78, 5) is 3.04. The van der Waals surface area contributed by atoms with E-state index >= 15 is 0 Å². The van der Waals surface area contributed by atoms with Crippen LogP contribution in [0, 0.1) is 10.6 Å². The number of hydrogen-bond donors (Lipinski definition) is 1. The average molecular weight is 358 g/mol. The third-order valence-corrected chi connectivity index (χ3v) is 3.81. The number of H-pyrrole nitrogens is 1. The van der Waals surface area contributed by atoms with Gasteiger partial charge in [0.1, 0.15) is 5.82 Å². The molecule has 2 nitrogen and oxygen atoms in total. The van der Waals surface area contributed by atoms with Gasteiger partial charge in [-0.3, -0.25) is 4.57 Å². The maximum atomic E-state index is 14.0. The highest BCUT2D eigenvalue weighted by Crippen LogP contribution is 2.26. The molecule has 0 bridgehead atoms. The lowest BCUT2D eigenvalue weighted by Crippen LogP contribution is -1.97. The van der Waals surface area contributed by atoms with Crippen molar-refractivity contribution in [3.05, 3.63) is 56.5 Å². The molecule has 3 rings (SSSR count). The fourth-order valence-electron chi connectivity index (χ4n) is 1.97. The van der Waals surface area contributed by atoms with Crippen LogP contribution in [-0.2, 0) is 0 Å². The molecule has 2 aromatic carbocycles. The van der Waals surface area contributed by atoms with Crippen LogP contribution in [0.25, 0.3) is 16.7 Å². The van der Waals surface area contributed by atoms with Gasteiger partial charge in [0.05, 0.1) is 16.7 Å². The van der Waals surface area contributed by atoms with Gasteiger partial charge in [-0.25, -0.2) is 4.39 Å². The van der Waals surface area contributed by atoms with Crippen LogP contribution in [0.1, 0.15) is 0 Å². The number of hydrogen-bond acceptors (Lipinski definition) is 1. The van der Waals surface area contributed by atoms with Gasteiger partial charge in [-0.15, -0.1) is 0 Å². The summed E-state index contributed by atoms with van der Waals surface area (Å²) in [6.45, 7) is 0. The number of fused-ring (bicyclic) bond motifs is 1. The van der Waals surface area contributed by atoms with Gasteiger partial charge in [-0.2, -0.15) is 0 Å². The molecule has 1 aromatic heterocycles. The summed E-state index contributed by atoms with van der Waals surface area (Å²) >= 11 is 14.6. The van der Waals surface area contributed by atoms with Crippen LogP contribution < -0.4 is 0 Å². The number of aromatic amines is 1. The zero-order valence-corrected chi connectivity index (χ0v) is 12.6. The summed E-state index contributed by atoms with van der Waals surface area (Å²) in [5.74, 6) is -0.347. The molecular formula is C13H7BrClFN2S. The van der Waals surface area contributed by atoms with E-state index in [1.165, 1.54) is 6.07 Å². The summed E-state index contributed by atoms with van der Waals surface area (Å²) in [6.07, 6.45) is 0. The Labute approximate surface area is 127 Å². The number of rotatable bonds is 1. The molecule has 6 heteroatoms. The molecule has 0 unspecified atom stereocenters. The quantitative estimate of drug-likeness (QED) is 0.590. The van der Waals surface area contributed by atoms with Crippen LogP contribution in [0.2, 0.25) is 5.02 Å². The number of halogens is 3. The maximum absolute atomic E-state index is 14.0. The van der Waals surface area contributed by atoms with Crippen molar-refractivity contribution in [2.45, 2.75) is 0 Å². The molecule has 3 aromatic rings. The van der Waals surface area contributed by atoms with Crippen LogP contribution in [0.4, 0.5) is 4.39 Å². The third-order valence-electron chi connectivity index (χ3n) is 2.79. The molecule has 96 valence electrons. The van der Waals surface area contributed by atoms with E-state index in [0.717, 1.165) is 15.5 Å². The number of imidazole rings is 1. The van der Waals surface area contributed by atoms with Crippen molar-refractivity contribution < 1.29 is 4.39 Å². The minimum atomic E-state index is -0.347. The number of nitrogens with zero attached hydrogens (tertiary/aromatic N) is 1. The average Bonchev–Trinajstić information content (AvgIpc) is 2.68. The second-order valence-electron chi connectivity index (χ2n) is 4.02. The monoisotopic (exact) mass is 356 g/mol. The Morgan fingerprint density at radius 3 is 2.79 bits per heavy atom. The van der Waals surface area contributed by atoms with Crippen molar-refractivity contribution >= 4 is 50.8 Å². The Kier molecular flexibility index (Phi) is 3.20. The first-order valence-electron chi connectivity index (χ1n) is 5.42. The van der Waals surface area contributed by atoms with E-state index < -0.39 is 0 Å². The van der Waals surface area contributed by atoms with Gasteiger partial charge in [-0.1, -0.05) is 27.5 Å². The predicted molar refractivity (Wildman–Crippen MR) is 81.1 cm³/mol. The molecule has 0 atom stereocenters. The first kappa shape index (κ1) is 12.8. The van der Waals surface area contributed by atoms with Crippen molar-refractivity contribution in [1.29, 1.82) is 0 Å². The highest BCUT2D eigenvalue weighted by atomic mass is 79.9. The summed E-state index contributed by atoms with van der Waals surface area (Å²) in [6, 6.07) is 10.0. The predicted octanol–water partition coefficient (Wildman–Crippen LogP) is 5.24. The van der Waals surface area contributed by atoms with E-state index in [2.05, 4.69) is 20.9 Å². The lowest BCUT2D eigenvalue weighted by atomic mass is 10.2. The molecule has 0 aliphatic carbocycles. The Balaban J connectivity index is 2.42. The van der Waals surface area contributed by atoms with Gasteiger partial charge in [-0.05, 0) is 48.6 Å². The first-order valence-corrected chi connectivity index (χ1v) is 7.00. The molecule has 0 aliphatic heterocycles. The molecule has 0 radical (unpaired) electrons. The van der Waals surface area contributed by atoms with Gasteiger partial charge in [0, 0.05) is 9.50 Å². The van der Waals surface area contributed by atoms with E-state index in [1.807, 2.05) is 6.07 Å². The van der Waals surface area contributed by atoms with E-state index in [0.29, 0.717) is 15.5 Å². The zero-order valence-electron chi connectivity index (χ0n) is 9.45. The maximum Gasteiger partial charge on any atom is 0.182 e. The van der Waals surface area contributed by atoms with E-state index in [9.17, 15) is 4.39 Å². The summed E-state index contributed by atoms with van der Waals surface area (Å²) < 4.78 is 16.8. The molecular weight excluding hydrogens is 351 g/mol. The Morgan fingerprint density at radius 1 is 1.21 bits per heavy atom. The van der Waals surface area contributed by atoms with Gasteiger partial charge in [0.15, 0.2) is 4.77 Å². The smallest absolute Gasteiger partial charge is 0.182 e. The van der Waals surface area contributed by atoms with Gasteiger partial charge in [0.25, 0.3) is 0 Å². The van der Waals surface area contributed by atoms with Crippen LogP contribution in [0.3, 0.4) is 0 Å². The zero-order chi connectivity index (χ0) is 13.6. The highest BCUT2D eigenvalue weighted by molar-refractivity contribution is 9.10. The Hall–Kier alpha value is -1.17. The Morgan fingerprint density at radius 2 is 2.00 bits per heavy atom. The van der Waals surface area contributed by atoms with E-state index in [4.69, 9.17) is 23.8 Å². The third kappa shape index (κ3) is 2.22. The molecule has 1 N–H and O–H groups in total. The van der Waals surface area contributed by atoms with Crippen LogP contribution >= 0.6 is 39.7 Å². The minimum absolute atomic E-state index is 0.347. The fourth-order valence-corrected chi connectivity index (χ4v) is 2.79. The second-order valence-corrected chi connectivity index (χ2v) is 5.76. The number of nitrogens with one attached hydrogen (secondary N) is 1. The van der Waals surface area contributed by atoms with Crippen molar-refractivity contribution in [2.75, 3.05) is 0 Å². The van der Waals surface area contributed by atoms with Crippen molar-refractivity contribution in [1.82, 2.24) is 9.55 Å². The number of aromatic nitrogens is 2. The molecule has 1 heterocycles. The van der Waals surface area contributed by atoms with Crippen molar-refractivity contribution in [3.8, 4) is 5.69 Å². The van der Waals surface area contributed by atoms with Crippen molar-refractivity contribution in [3.63, 3.8) is 0 Å².